The zero-order chi connectivity index (χ0) is 13.5. The van der Waals surface area contributed by atoms with Gasteiger partial charge in [0.05, 0.1) is 0 Å². The molecular formula is C16H24ClN. The van der Waals surface area contributed by atoms with Crippen LogP contribution >= 0.6 is 11.6 Å². The molecule has 2 heteroatoms. The molecule has 1 N–H and O–H groups in total. The number of hydrogen-bond donors (Lipinski definition) is 1. The molecule has 0 fully saturated rings. The molecule has 1 aromatic carbocycles. The second kappa shape index (κ2) is 7.60. The minimum absolute atomic E-state index is 0.377. The average Bonchev–Trinajstić information content (AvgIpc) is 2.34. The van der Waals surface area contributed by atoms with Crippen molar-refractivity contribution in [1.29, 1.82) is 0 Å². The third-order valence-corrected chi connectivity index (χ3v) is 3.42. The zero-order valence-electron chi connectivity index (χ0n) is 11.6. The summed E-state index contributed by atoms with van der Waals surface area (Å²) < 4.78 is 0. The van der Waals surface area contributed by atoms with E-state index in [-0.39, 0.29) is 0 Å². The second-order valence-corrected chi connectivity index (χ2v) is 5.64. The van der Waals surface area contributed by atoms with E-state index in [4.69, 9.17) is 11.6 Å². The van der Waals surface area contributed by atoms with Gasteiger partial charge in [-0.15, -0.1) is 6.58 Å². The van der Waals surface area contributed by atoms with E-state index in [1.807, 2.05) is 18.2 Å². The van der Waals surface area contributed by atoms with Crippen molar-refractivity contribution in [2.45, 2.75) is 45.7 Å². The van der Waals surface area contributed by atoms with Crippen LogP contribution in [0.25, 0.3) is 0 Å². The highest BCUT2D eigenvalue weighted by Crippen LogP contribution is 2.24. The van der Waals surface area contributed by atoms with E-state index in [0.29, 0.717) is 18.0 Å². The first-order valence-electron chi connectivity index (χ1n) is 6.67. The van der Waals surface area contributed by atoms with Crippen LogP contribution in [0.15, 0.2) is 36.9 Å². The summed E-state index contributed by atoms with van der Waals surface area (Å²) in [5, 5.41) is 4.49. The fourth-order valence-corrected chi connectivity index (χ4v) is 2.23. The summed E-state index contributed by atoms with van der Waals surface area (Å²) in [5.41, 5.74) is 1.31. The van der Waals surface area contributed by atoms with Gasteiger partial charge in [0.25, 0.3) is 0 Å². The maximum Gasteiger partial charge on any atom is 0.0406 e. The first-order chi connectivity index (χ1) is 8.54. The quantitative estimate of drug-likeness (QED) is 0.686. The fourth-order valence-electron chi connectivity index (χ4n) is 2.10. The highest BCUT2D eigenvalue weighted by molar-refractivity contribution is 6.30. The van der Waals surface area contributed by atoms with Crippen LogP contribution in [0.3, 0.4) is 0 Å². The standard InChI is InChI=1S/C16H24ClN/c1-5-6-7-13(4)18-16(12(2)3)14-8-10-15(17)11-9-14/h5,8-13,16,18H,1,6-7H2,2-4H3. The van der Waals surface area contributed by atoms with Gasteiger partial charge in [0.15, 0.2) is 0 Å². The first-order valence-corrected chi connectivity index (χ1v) is 7.04. The van der Waals surface area contributed by atoms with E-state index in [1.54, 1.807) is 0 Å². The Morgan fingerprint density at radius 2 is 1.83 bits per heavy atom. The SMILES string of the molecule is C=CCCC(C)NC(c1ccc(Cl)cc1)C(C)C. The lowest BCUT2D eigenvalue weighted by molar-refractivity contribution is 0.360. The molecule has 1 aromatic rings. The summed E-state index contributed by atoms with van der Waals surface area (Å²) in [5.74, 6) is 0.553. The Morgan fingerprint density at radius 1 is 1.22 bits per heavy atom. The molecule has 2 unspecified atom stereocenters. The average molecular weight is 266 g/mol. The van der Waals surface area contributed by atoms with Crippen molar-refractivity contribution < 1.29 is 0 Å². The van der Waals surface area contributed by atoms with Gasteiger partial charge in [-0.2, -0.15) is 0 Å². The summed E-state index contributed by atoms with van der Waals surface area (Å²) in [6.45, 7) is 10.5. The van der Waals surface area contributed by atoms with Crippen molar-refractivity contribution in [3.05, 3.63) is 47.5 Å². The van der Waals surface area contributed by atoms with Crippen molar-refractivity contribution in [2.75, 3.05) is 0 Å². The topological polar surface area (TPSA) is 12.0 Å². The molecule has 0 saturated carbocycles. The van der Waals surface area contributed by atoms with E-state index in [0.717, 1.165) is 17.9 Å². The molecule has 0 aromatic heterocycles. The van der Waals surface area contributed by atoms with Gasteiger partial charge in [-0.25, -0.2) is 0 Å². The Kier molecular flexibility index (Phi) is 6.45. The molecular weight excluding hydrogens is 242 g/mol. The molecule has 0 aliphatic heterocycles. The van der Waals surface area contributed by atoms with E-state index < -0.39 is 0 Å². The molecule has 0 amide bonds. The molecule has 100 valence electrons. The monoisotopic (exact) mass is 265 g/mol. The van der Waals surface area contributed by atoms with Crippen molar-refractivity contribution in [2.24, 2.45) is 5.92 Å². The van der Waals surface area contributed by atoms with Crippen molar-refractivity contribution in [1.82, 2.24) is 5.32 Å². The number of hydrogen-bond acceptors (Lipinski definition) is 1. The largest absolute Gasteiger partial charge is 0.307 e. The lowest BCUT2D eigenvalue weighted by atomic mass is 9.95. The molecule has 0 heterocycles. The number of nitrogens with one attached hydrogen (secondary N) is 1. The van der Waals surface area contributed by atoms with Gasteiger partial charge in [0, 0.05) is 17.1 Å². The van der Waals surface area contributed by atoms with Gasteiger partial charge < -0.3 is 5.32 Å². The van der Waals surface area contributed by atoms with Crippen LogP contribution in [-0.4, -0.2) is 6.04 Å². The summed E-state index contributed by atoms with van der Waals surface area (Å²) in [6, 6.07) is 9.01. The van der Waals surface area contributed by atoms with E-state index in [1.165, 1.54) is 5.56 Å². The van der Waals surface area contributed by atoms with Crippen LogP contribution in [-0.2, 0) is 0 Å². The van der Waals surface area contributed by atoms with E-state index >= 15 is 0 Å². The Balaban J connectivity index is 2.70. The fraction of sp³-hybridized carbons (Fsp3) is 0.500. The van der Waals surface area contributed by atoms with Crippen LogP contribution in [0.1, 0.15) is 45.2 Å². The minimum atomic E-state index is 0.377. The second-order valence-electron chi connectivity index (χ2n) is 5.21. The molecule has 0 aliphatic rings. The number of halogens is 1. The van der Waals surface area contributed by atoms with Crippen LogP contribution < -0.4 is 5.32 Å². The van der Waals surface area contributed by atoms with E-state index in [2.05, 4.69) is 44.8 Å². The van der Waals surface area contributed by atoms with Gasteiger partial charge in [0.2, 0.25) is 0 Å². The maximum atomic E-state index is 5.94. The molecule has 1 rings (SSSR count). The lowest BCUT2D eigenvalue weighted by Gasteiger charge is -2.27. The maximum absolute atomic E-state index is 5.94. The molecule has 0 bridgehead atoms. The molecule has 0 saturated heterocycles. The highest BCUT2D eigenvalue weighted by Gasteiger charge is 2.17. The summed E-state index contributed by atoms with van der Waals surface area (Å²) in [6.07, 6.45) is 4.16. The zero-order valence-corrected chi connectivity index (χ0v) is 12.4. The smallest absolute Gasteiger partial charge is 0.0406 e. The lowest BCUT2D eigenvalue weighted by Crippen LogP contribution is -2.33. The van der Waals surface area contributed by atoms with Gasteiger partial charge >= 0.3 is 0 Å². The molecule has 18 heavy (non-hydrogen) atoms. The number of benzene rings is 1. The Morgan fingerprint density at radius 3 is 2.33 bits per heavy atom. The van der Waals surface area contributed by atoms with Crippen molar-refractivity contribution in [3.63, 3.8) is 0 Å². The molecule has 0 radical (unpaired) electrons. The summed E-state index contributed by atoms with van der Waals surface area (Å²) in [7, 11) is 0. The summed E-state index contributed by atoms with van der Waals surface area (Å²) in [4.78, 5) is 0. The van der Waals surface area contributed by atoms with Crippen molar-refractivity contribution >= 4 is 11.6 Å². The minimum Gasteiger partial charge on any atom is -0.307 e. The van der Waals surface area contributed by atoms with Gasteiger partial charge in [-0.05, 0) is 43.4 Å². The van der Waals surface area contributed by atoms with Crippen LogP contribution in [0.2, 0.25) is 5.02 Å². The first kappa shape index (κ1) is 15.3. The van der Waals surface area contributed by atoms with E-state index in [9.17, 15) is 0 Å². The third kappa shape index (κ3) is 4.83. The number of allylic oxidation sites excluding steroid dienone is 1. The number of rotatable bonds is 7. The van der Waals surface area contributed by atoms with Crippen molar-refractivity contribution in [3.8, 4) is 0 Å². The Bertz CT molecular complexity index is 356. The summed E-state index contributed by atoms with van der Waals surface area (Å²) >= 11 is 5.94. The molecule has 2 atom stereocenters. The normalized spacial score (nSPS) is 14.5. The third-order valence-electron chi connectivity index (χ3n) is 3.16. The van der Waals surface area contributed by atoms with Crippen LogP contribution in [0, 0.1) is 5.92 Å². The van der Waals surface area contributed by atoms with Crippen LogP contribution in [0.4, 0.5) is 0 Å². The van der Waals surface area contributed by atoms with Gasteiger partial charge in [-0.1, -0.05) is 43.7 Å². The Hall–Kier alpha value is -0.790. The van der Waals surface area contributed by atoms with Crippen LogP contribution in [0.5, 0.6) is 0 Å². The highest BCUT2D eigenvalue weighted by atomic mass is 35.5. The molecule has 1 nitrogen and oxygen atoms in total. The molecule has 0 spiro atoms. The predicted octanol–water partition coefficient (Wildman–Crippen LogP) is 4.98. The van der Waals surface area contributed by atoms with Gasteiger partial charge in [0.1, 0.15) is 0 Å². The Labute approximate surface area is 116 Å². The molecule has 0 aliphatic carbocycles. The van der Waals surface area contributed by atoms with Gasteiger partial charge in [-0.3, -0.25) is 0 Å². The predicted molar refractivity (Wildman–Crippen MR) is 81.1 cm³/mol.